The molecule has 8 heteroatoms. The minimum atomic E-state index is -1.18. The summed E-state index contributed by atoms with van der Waals surface area (Å²) in [7, 11) is 1.59. The zero-order chi connectivity index (χ0) is 24.6. The van der Waals surface area contributed by atoms with Crippen LogP contribution in [0.4, 0.5) is 4.39 Å². The number of methoxy groups -OCH3 is 1. The molecule has 0 bridgehead atoms. The Labute approximate surface area is 209 Å². The van der Waals surface area contributed by atoms with Gasteiger partial charge in [-0.25, -0.2) is 4.39 Å². The van der Waals surface area contributed by atoms with E-state index in [1.54, 1.807) is 43.5 Å². The second-order valence-corrected chi connectivity index (χ2v) is 10.2. The van der Waals surface area contributed by atoms with Crippen molar-refractivity contribution in [2.75, 3.05) is 32.5 Å². The molecule has 3 heterocycles. The molecule has 4 rings (SSSR count). The molecule has 186 valence electrons. The maximum Gasteiger partial charge on any atom is 0.308 e. The Morgan fingerprint density at radius 1 is 1.26 bits per heavy atom. The number of thioether (sulfide) groups is 1. The van der Waals surface area contributed by atoms with Crippen LogP contribution in [0, 0.1) is 11.8 Å². The van der Waals surface area contributed by atoms with Gasteiger partial charge in [-0.1, -0.05) is 0 Å². The monoisotopic (exact) mass is 497 g/mol. The fraction of sp³-hybridized carbons (Fsp3) is 0.444. The van der Waals surface area contributed by atoms with Crippen molar-refractivity contribution in [3.05, 3.63) is 60.6 Å². The molecule has 0 amide bonds. The van der Waals surface area contributed by atoms with Crippen LogP contribution in [-0.2, 0) is 4.79 Å². The third-order valence-corrected chi connectivity index (χ3v) is 7.90. The van der Waals surface area contributed by atoms with Gasteiger partial charge in [-0.2, -0.15) is 0 Å². The molecule has 1 fully saturated rings. The highest BCUT2D eigenvalue weighted by Crippen LogP contribution is 2.35. The molecule has 2 aromatic heterocycles. The number of hydrogen-bond donors (Lipinski definition) is 1. The summed E-state index contributed by atoms with van der Waals surface area (Å²) >= 11 is 1.79. The van der Waals surface area contributed by atoms with Crippen molar-refractivity contribution < 1.29 is 19.0 Å². The predicted molar refractivity (Wildman–Crippen MR) is 137 cm³/mol. The van der Waals surface area contributed by atoms with E-state index in [1.165, 1.54) is 4.90 Å². The van der Waals surface area contributed by atoms with Crippen LogP contribution < -0.4 is 4.74 Å². The van der Waals surface area contributed by atoms with Gasteiger partial charge in [0.25, 0.3) is 0 Å². The normalized spacial score (nSPS) is 19.5. The number of carboxylic acids is 1. The average molecular weight is 498 g/mol. The van der Waals surface area contributed by atoms with Gasteiger partial charge in [0.1, 0.15) is 11.9 Å². The Morgan fingerprint density at radius 2 is 2.09 bits per heavy atom. The largest absolute Gasteiger partial charge is 0.497 e. The third kappa shape index (κ3) is 6.70. The van der Waals surface area contributed by atoms with Gasteiger partial charge in [0, 0.05) is 35.4 Å². The van der Waals surface area contributed by atoms with Crippen molar-refractivity contribution in [3.63, 3.8) is 0 Å². The summed E-state index contributed by atoms with van der Waals surface area (Å²) in [5.74, 6) is 0.390. The maximum absolute atomic E-state index is 15.4. The van der Waals surface area contributed by atoms with Crippen molar-refractivity contribution in [3.8, 4) is 5.75 Å². The van der Waals surface area contributed by atoms with Gasteiger partial charge in [-0.15, -0.1) is 11.8 Å². The average Bonchev–Trinajstić information content (AvgIpc) is 2.89. The topological polar surface area (TPSA) is 75.5 Å². The fourth-order valence-electron chi connectivity index (χ4n) is 4.87. The summed E-state index contributed by atoms with van der Waals surface area (Å²) in [4.78, 5) is 23.8. The van der Waals surface area contributed by atoms with E-state index in [4.69, 9.17) is 4.74 Å². The summed E-state index contributed by atoms with van der Waals surface area (Å²) in [6.07, 6.45) is 6.67. The molecule has 0 spiro atoms. The maximum atomic E-state index is 15.4. The Bertz CT molecular complexity index is 1120. The fourth-order valence-corrected chi connectivity index (χ4v) is 5.70. The van der Waals surface area contributed by atoms with Gasteiger partial charge in [0.05, 0.1) is 18.5 Å². The molecule has 0 unspecified atom stereocenters. The molecular weight excluding hydrogens is 465 g/mol. The highest BCUT2D eigenvalue weighted by atomic mass is 32.2. The molecule has 35 heavy (non-hydrogen) atoms. The van der Waals surface area contributed by atoms with E-state index in [2.05, 4.69) is 14.9 Å². The number of piperidine rings is 1. The molecule has 0 aliphatic carbocycles. The van der Waals surface area contributed by atoms with Gasteiger partial charge in [-0.05, 0) is 92.4 Å². The first-order valence-corrected chi connectivity index (χ1v) is 13.1. The van der Waals surface area contributed by atoms with Crippen molar-refractivity contribution in [1.82, 2.24) is 14.9 Å². The van der Waals surface area contributed by atoms with E-state index in [-0.39, 0.29) is 5.92 Å². The Kier molecular flexibility index (Phi) is 8.93. The lowest BCUT2D eigenvalue weighted by molar-refractivity contribution is -0.146. The van der Waals surface area contributed by atoms with Crippen LogP contribution >= 0.6 is 11.8 Å². The van der Waals surface area contributed by atoms with Crippen LogP contribution in [0.25, 0.3) is 10.9 Å². The number of fused-ring (bicyclic) bond motifs is 1. The minimum absolute atomic E-state index is 0.0177. The predicted octanol–water partition coefficient (Wildman–Crippen LogP) is 5.63. The highest BCUT2D eigenvalue weighted by Gasteiger charge is 2.34. The molecule has 6 nitrogen and oxygen atoms in total. The first kappa shape index (κ1) is 25.4. The molecule has 0 saturated carbocycles. The first-order chi connectivity index (χ1) is 17.0. The second kappa shape index (κ2) is 12.3. The zero-order valence-corrected chi connectivity index (χ0v) is 20.8. The number of pyridine rings is 2. The smallest absolute Gasteiger partial charge is 0.308 e. The van der Waals surface area contributed by atoms with Crippen LogP contribution in [0.3, 0.4) is 0 Å². The molecular formula is C27H32FN3O3S. The Morgan fingerprint density at radius 3 is 2.86 bits per heavy atom. The van der Waals surface area contributed by atoms with Crippen LogP contribution in [0.1, 0.15) is 37.4 Å². The molecule has 1 aliphatic heterocycles. The molecule has 0 radical (unpaired) electrons. The van der Waals surface area contributed by atoms with Gasteiger partial charge < -0.3 is 14.7 Å². The quantitative estimate of drug-likeness (QED) is 0.272. The highest BCUT2D eigenvalue weighted by molar-refractivity contribution is 7.99. The summed E-state index contributed by atoms with van der Waals surface area (Å²) in [6.45, 7) is 2.28. The second-order valence-electron chi connectivity index (χ2n) is 9.01. The summed E-state index contributed by atoms with van der Waals surface area (Å²) < 4.78 is 20.7. The van der Waals surface area contributed by atoms with E-state index in [0.29, 0.717) is 30.7 Å². The number of halogens is 1. The van der Waals surface area contributed by atoms with Crippen molar-refractivity contribution in [1.29, 1.82) is 0 Å². The lowest BCUT2D eigenvalue weighted by atomic mass is 9.81. The molecule has 1 aliphatic rings. The number of ether oxygens (including phenoxy) is 1. The van der Waals surface area contributed by atoms with Crippen molar-refractivity contribution in [2.24, 2.45) is 11.8 Å². The number of carbonyl (C=O) groups is 1. The zero-order valence-electron chi connectivity index (χ0n) is 20.0. The number of hydrogen-bond acceptors (Lipinski definition) is 6. The van der Waals surface area contributed by atoms with Crippen LogP contribution in [0.15, 0.2) is 59.9 Å². The number of nitrogens with zero attached hydrogens (tertiary/aromatic N) is 3. The Hall–Kier alpha value is -2.71. The van der Waals surface area contributed by atoms with E-state index in [0.717, 1.165) is 42.6 Å². The first-order valence-electron chi connectivity index (χ1n) is 12.1. The SMILES string of the molecule is COc1ccc2nccc([C@H](F)CC[C@@H]3CCN(CCCSc4ccncc4)C[C@@H]3C(=O)O)c2c1. The lowest BCUT2D eigenvalue weighted by Gasteiger charge is -2.36. The van der Waals surface area contributed by atoms with Gasteiger partial charge in [-0.3, -0.25) is 14.8 Å². The van der Waals surface area contributed by atoms with Gasteiger partial charge >= 0.3 is 5.97 Å². The number of aromatic nitrogens is 2. The number of benzene rings is 1. The van der Waals surface area contributed by atoms with E-state index in [1.807, 2.05) is 30.3 Å². The summed E-state index contributed by atoms with van der Waals surface area (Å²) in [5, 5.41) is 10.6. The van der Waals surface area contributed by atoms with Crippen LogP contribution in [0.2, 0.25) is 0 Å². The minimum Gasteiger partial charge on any atom is -0.497 e. The number of likely N-dealkylation sites (tertiary alicyclic amines) is 1. The number of carboxylic acid groups (broad SMARTS) is 1. The molecule has 3 aromatic rings. The summed E-state index contributed by atoms with van der Waals surface area (Å²) in [5.41, 5.74) is 1.31. The van der Waals surface area contributed by atoms with Gasteiger partial charge in [0.15, 0.2) is 0 Å². The molecule has 1 N–H and O–H groups in total. The number of rotatable bonds is 11. The number of alkyl halides is 1. The molecule has 1 saturated heterocycles. The lowest BCUT2D eigenvalue weighted by Crippen LogP contribution is -2.44. The van der Waals surface area contributed by atoms with Crippen LogP contribution in [0.5, 0.6) is 5.75 Å². The number of aliphatic carboxylic acids is 1. The van der Waals surface area contributed by atoms with E-state index < -0.39 is 18.1 Å². The van der Waals surface area contributed by atoms with Crippen molar-refractivity contribution in [2.45, 2.75) is 36.8 Å². The van der Waals surface area contributed by atoms with Gasteiger partial charge in [0.2, 0.25) is 0 Å². The molecule has 3 atom stereocenters. The Balaban J connectivity index is 1.30. The molecule has 1 aromatic carbocycles. The van der Waals surface area contributed by atoms with Crippen molar-refractivity contribution >= 4 is 28.6 Å². The third-order valence-electron chi connectivity index (χ3n) is 6.81. The van der Waals surface area contributed by atoms with E-state index in [9.17, 15) is 9.90 Å². The summed E-state index contributed by atoms with van der Waals surface area (Å²) in [6, 6.07) is 11.2. The standard InChI is InChI=1S/C27H32FN3O3S/c1-34-20-4-6-26-23(17-20)22(9-13-30-26)25(28)5-3-19-10-15-31(18-24(19)27(32)33)14-2-16-35-21-7-11-29-12-8-21/h4,6-9,11-13,17,19,24-25H,2-3,5,10,14-16,18H2,1H3,(H,32,33)/t19-,24+,25-/m1/s1. The van der Waals surface area contributed by atoms with E-state index >= 15 is 4.39 Å². The van der Waals surface area contributed by atoms with Crippen LogP contribution in [-0.4, -0.2) is 58.4 Å².